The van der Waals surface area contributed by atoms with E-state index in [9.17, 15) is 9.59 Å². The fourth-order valence-corrected chi connectivity index (χ4v) is 2.94. The molecule has 0 aromatic heterocycles. The molecule has 90 valence electrons. The van der Waals surface area contributed by atoms with E-state index in [1.807, 2.05) is 24.3 Å². The fourth-order valence-electron chi connectivity index (χ4n) is 2.94. The summed E-state index contributed by atoms with van der Waals surface area (Å²) < 4.78 is 0. The normalized spacial score (nSPS) is 18.7. The molecule has 2 nitrogen and oxygen atoms in total. The van der Waals surface area contributed by atoms with Gasteiger partial charge in [0.2, 0.25) is 0 Å². The quantitative estimate of drug-likeness (QED) is 0.679. The number of carbonyl (C=O) groups is 2. The smallest absolute Gasteiger partial charge is 0.187 e. The van der Waals surface area contributed by atoms with E-state index in [1.54, 1.807) is 12.2 Å². The summed E-state index contributed by atoms with van der Waals surface area (Å²) in [7, 11) is 0. The molecule has 0 unspecified atom stereocenters. The monoisotopic (exact) mass is 246 g/mol. The highest BCUT2D eigenvalue weighted by Crippen LogP contribution is 2.27. The molecule has 2 heteroatoms. The molecule has 0 heterocycles. The zero-order chi connectivity index (χ0) is 13.0. The van der Waals surface area contributed by atoms with Crippen LogP contribution < -0.4 is 10.4 Å². The van der Waals surface area contributed by atoms with E-state index in [1.165, 1.54) is 11.6 Å². The summed E-state index contributed by atoms with van der Waals surface area (Å²) in [5.41, 5.74) is 3.18. The molecule has 0 N–H and O–H groups in total. The van der Waals surface area contributed by atoms with Gasteiger partial charge in [0.15, 0.2) is 11.6 Å². The van der Waals surface area contributed by atoms with Crippen molar-refractivity contribution in [2.24, 2.45) is 0 Å². The summed E-state index contributed by atoms with van der Waals surface area (Å²) in [6.45, 7) is 0. The van der Waals surface area contributed by atoms with E-state index in [2.05, 4.69) is 6.08 Å². The Morgan fingerprint density at radius 3 is 2.74 bits per heavy atom. The first kappa shape index (κ1) is 10.4. The van der Waals surface area contributed by atoms with Gasteiger partial charge in [-0.2, -0.15) is 0 Å². The van der Waals surface area contributed by atoms with Crippen LogP contribution in [0.4, 0.5) is 0 Å². The highest BCUT2D eigenvalue weighted by molar-refractivity contribution is 6.40. The van der Waals surface area contributed by atoms with Gasteiger partial charge in [-0.15, -0.1) is 0 Å². The molecule has 0 saturated heterocycles. The van der Waals surface area contributed by atoms with E-state index in [-0.39, 0.29) is 11.6 Å². The first-order valence-electron chi connectivity index (χ1n) is 6.27. The van der Waals surface area contributed by atoms with E-state index in [4.69, 9.17) is 0 Å². The van der Waals surface area contributed by atoms with Crippen LogP contribution in [-0.4, -0.2) is 11.6 Å². The number of hydrogen-bond donors (Lipinski definition) is 0. The van der Waals surface area contributed by atoms with Crippen LogP contribution in [0.15, 0.2) is 42.0 Å². The molecular weight excluding hydrogens is 236 g/mol. The maximum Gasteiger partial charge on any atom is 0.187 e. The third-order valence-electron chi connectivity index (χ3n) is 3.84. The van der Waals surface area contributed by atoms with Gasteiger partial charge in [0.05, 0.1) is 0 Å². The summed E-state index contributed by atoms with van der Waals surface area (Å²) >= 11 is 0. The molecule has 0 amide bonds. The van der Waals surface area contributed by atoms with Gasteiger partial charge in [0, 0.05) is 11.1 Å². The molecule has 0 atom stereocenters. The lowest BCUT2D eigenvalue weighted by Gasteiger charge is -2.14. The maximum absolute atomic E-state index is 12.1. The standard InChI is InChI=1S/C17H10O2/c18-15-8-7-13-16(19)9-14-11-4-2-1-3-10(11)5-6-12(14)17(13)15/h1-2,4-9H,3H2. The first-order chi connectivity index (χ1) is 9.25. The molecule has 0 aliphatic heterocycles. The van der Waals surface area contributed by atoms with E-state index >= 15 is 0 Å². The Morgan fingerprint density at radius 2 is 1.84 bits per heavy atom. The second-order valence-electron chi connectivity index (χ2n) is 4.89. The summed E-state index contributed by atoms with van der Waals surface area (Å²) in [5, 5.41) is 1.96. The lowest BCUT2D eigenvalue weighted by Crippen LogP contribution is -2.36. The average molecular weight is 246 g/mol. The van der Waals surface area contributed by atoms with Crippen LogP contribution in [0.5, 0.6) is 0 Å². The van der Waals surface area contributed by atoms with Crippen molar-refractivity contribution in [1.82, 2.24) is 0 Å². The number of Topliss-reactive ketones (excluding diaryl/α,β-unsaturated/α-hetero) is 1. The molecule has 3 aliphatic carbocycles. The molecule has 0 saturated carbocycles. The minimum Gasteiger partial charge on any atom is -0.289 e. The number of rotatable bonds is 0. The molecule has 3 aliphatic rings. The van der Waals surface area contributed by atoms with Crippen LogP contribution in [0.25, 0.3) is 17.7 Å². The Morgan fingerprint density at radius 1 is 0.947 bits per heavy atom. The van der Waals surface area contributed by atoms with Gasteiger partial charge < -0.3 is 0 Å². The molecule has 4 rings (SSSR count). The summed E-state index contributed by atoms with van der Waals surface area (Å²) in [5.74, 6) is -0.134. The van der Waals surface area contributed by atoms with Crippen molar-refractivity contribution in [2.45, 2.75) is 6.42 Å². The van der Waals surface area contributed by atoms with Crippen LogP contribution in [0.2, 0.25) is 0 Å². The predicted octanol–water partition coefficient (Wildman–Crippen LogP) is 0.835. The Balaban J connectivity index is 2.15. The van der Waals surface area contributed by atoms with Gasteiger partial charge in [0.1, 0.15) is 0 Å². The van der Waals surface area contributed by atoms with Crippen LogP contribution in [0.3, 0.4) is 0 Å². The molecule has 1 aromatic carbocycles. The third kappa shape index (κ3) is 1.31. The van der Waals surface area contributed by atoms with Crippen molar-refractivity contribution in [2.75, 3.05) is 0 Å². The zero-order valence-corrected chi connectivity index (χ0v) is 10.1. The van der Waals surface area contributed by atoms with E-state index < -0.39 is 0 Å². The van der Waals surface area contributed by atoms with Crippen molar-refractivity contribution >= 4 is 29.3 Å². The minimum atomic E-state index is -0.0686. The van der Waals surface area contributed by atoms with Gasteiger partial charge >= 0.3 is 0 Å². The Hall–Kier alpha value is -2.48. The Kier molecular flexibility index (Phi) is 1.93. The molecule has 0 spiro atoms. The Bertz CT molecular complexity index is 861. The second-order valence-corrected chi connectivity index (χ2v) is 4.89. The number of carbonyl (C=O) groups excluding carboxylic acids is 2. The molecule has 0 radical (unpaired) electrons. The number of fused-ring (bicyclic) bond motifs is 4. The summed E-state index contributed by atoms with van der Waals surface area (Å²) in [6.07, 6.45) is 11.7. The van der Waals surface area contributed by atoms with Crippen LogP contribution in [0.1, 0.15) is 11.1 Å². The van der Waals surface area contributed by atoms with Gasteiger partial charge in [-0.1, -0.05) is 30.4 Å². The van der Waals surface area contributed by atoms with Gasteiger partial charge in [-0.25, -0.2) is 0 Å². The van der Waals surface area contributed by atoms with Gasteiger partial charge in [-0.3, -0.25) is 9.59 Å². The van der Waals surface area contributed by atoms with Gasteiger partial charge in [-0.05, 0) is 46.2 Å². The van der Waals surface area contributed by atoms with Gasteiger partial charge in [0.25, 0.3) is 0 Å². The van der Waals surface area contributed by atoms with Crippen molar-refractivity contribution in [1.29, 1.82) is 0 Å². The predicted molar refractivity (Wildman–Crippen MR) is 73.5 cm³/mol. The number of ketones is 2. The number of hydrogen-bond acceptors (Lipinski definition) is 2. The average Bonchev–Trinajstić information content (AvgIpc) is 2.82. The number of allylic oxidation sites excluding steroid dienone is 6. The minimum absolute atomic E-state index is 0.0657. The molecular formula is C17H10O2. The topological polar surface area (TPSA) is 34.1 Å². The van der Waals surface area contributed by atoms with Crippen molar-refractivity contribution in [3.63, 3.8) is 0 Å². The largest absolute Gasteiger partial charge is 0.289 e. The van der Waals surface area contributed by atoms with Crippen molar-refractivity contribution in [3.05, 3.63) is 63.6 Å². The SMILES string of the molecule is O=C1C=c2c(ccc3c2=CC=CC3)C2=C1C=CC2=O. The summed E-state index contributed by atoms with van der Waals surface area (Å²) in [6, 6.07) is 4.01. The first-order valence-corrected chi connectivity index (χ1v) is 6.27. The highest BCUT2D eigenvalue weighted by Gasteiger charge is 2.27. The third-order valence-corrected chi connectivity index (χ3v) is 3.84. The maximum atomic E-state index is 12.1. The highest BCUT2D eigenvalue weighted by atomic mass is 16.1. The zero-order valence-electron chi connectivity index (χ0n) is 10.1. The van der Waals surface area contributed by atoms with Crippen molar-refractivity contribution in [3.8, 4) is 0 Å². The van der Waals surface area contributed by atoms with E-state index in [0.717, 1.165) is 22.4 Å². The fraction of sp³-hybridized carbons (Fsp3) is 0.0588. The van der Waals surface area contributed by atoms with E-state index in [0.29, 0.717) is 11.1 Å². The lowest BCUT2D eigenvalue weighted by molar-refractivity contribution is -0.111. The molecule has 1 aromatic rings. The van der Waals surface area contributed by atoms with Crippen LogP contribution in [-0.2, 0) is 16.0 Å². The molecule has 0 bridgehead atoms. The Labute approximate surface area is 109 Å². The van der Waals surface area contributed by atoms with Crippen LogP contribution >= 0.6 is 0 Å². The summed E-state index contributed by atoms with van der Waals surface area (Å²) in [4.78, 5) is 24.1. The number of benzene rings is 1. The van der Waals surface area contributed by atoms with Crippen LogP contribution in [0, 0.1) is 0 Å². The molecule has 0 fully saturated rings. The molecule has 19 heavy (non-hydrogen) atoms. The lowest BCUT2D eigenvalue weighted by atomic mass is 9.88. The second kappa shape index (κ2) is 3.51. The van der Waals surface area contributed by atoms with Crippen molar-refractivity contribution < 1.29 is 9.59 Å².